The van der Waals surface area contributed by atoms with Crippen molar-refractivity contribution in [3.05, 3.63) is 0 Å². The highest BCUT2D eigenvalue weighted by Gasteiger charge is 2.47. The monoisotopic (exact) mass is 269 g/mol. The van der Waals surface area contributed by atoms with Gasteiger partial charge in [0, 0.05) is 31.4 Å². The number of rotatable bonds is 2. The molecule has 3 aliphatic rings. The predicted molar refractivity (Wildman–Crippen MR) is 70.4 cm³/mol. The zero-order valence-corrected chi connectivity index (χ0v) is 11.3. The Morgan fingerprint density at radius 1 is 1.50 bits per heavy atom. The van der Waals surface area contributed by atoms with Crippen molar-refractivity contribution in [2.45, 2.75) is 25.4 Å². The molecule has 0 saturated carbocycles. The summed E-state index contributed by atoms with van der Waals surface area (Å²) < 4.78 is 0. The molecule has 0 spiro atoms. The molecule has 3 fully saturated rings. The van der Waals surface area contributed by atoms with E-state index in [0.29, 0.717) is 23.6 Å². The Balaban J connectivity index is 1.72. The van der Waals surface area contributed by atoms with Crippen molar-refractivity contribution < 1.29 is 9.59 Å². The summed E-state index contributed by atoms with van der Waals surface area (Å²) in [5.41, 5.74) is 0. The van der Waals surface area contributed by atoms with Crippen molar-refractivity contribution in [3.63, 3.8) is 0 Å². The van der Waals surface area contributed by atoms with Crippen molar-refractivity contribution in [2.75, 3.05) is 25.4 Å². The molecule has 4 atom stereocenters. The number of amides is 2. The smallest absolute Gasteiger partial charge is 0.279 e. The Morgan fingerprint density at radius 2 is 2.33 bits per heavy atom. The second kappa shape index (κ2) is 4.74. The van der Waals surface area contributed by atoms with Crippen LogP contribution in [0, 0.1) is 11.8 Å². The van der Waals surface area contributed by atoms with Gasteiger partial charge in [-0.25, -0.2) is 0 Å². The third-order valence-electron chi connectivity index (χ3n) is 4.39. The molecule has 0 aromatic heterocycles. The summed E-state index contributed by atoms with van der Waals surface area (Å²) >= 11 is 1.21. The summed E-state index contributed by atoms with van der Waals surface area (Å²) in [7, 11) is 0. The molecular weight excluding hydrogens is 250 g/mol. The maximum absolute atomic E-state index is 12.5. The van der Waals surface area contributed by atoms with Gasteiger partial charge in [-0.05, 0) is 18.3 Å². The van der Waals surface area contributed by atoms with Crippen LogP contribution in [0.3, 0.4) is 0 Å². The first-order chi connectivity index (χ1) is 8.70. The number of hydrogen-bond donors (Lipinski definition) is 2. The van der Waals surface area contributed by atoms with E-state index in [1.807, 2.05) is 4.90 Å². The molecule has 18 heavy (non-hydrogen) atoms. The minimum absolute atomic E-state index is 0.0672. The number of nitrogens with one attached hydrogen (secondary N) is 2. The predicted octanol–water partition coefficient (Wildman–Crippen LogP) is 0.268. The van der Waals surface area contributed by atoms with Crippen LogP contribution in [0.5, 0.6) is 0 Å². The van der Waals surface area contributed by atoms with Crippen molar-refractivity contribution in [1.82, 2.24) is 15.5 Å². The molecule has 100 valence electrons. The first-order valence-electron chi connectivity index (χ1n) is 6.65. The summed E-state index contributed by atoms with van der Waals surface area (Å²) in [6, 6.07) is 0.0448. The minimum Gasteiger partial charge on any atom is -0.337 e. The summed E-state index contributed by atoms with van der Waals surface area (Å²) in [6.45, 7) is 5.05. The molecule has 4 unspecified atom stereocenters. The highest BCUT2D eigenvalue weighted by Crippen LogP contribution is 2.35. The van der Waals surface area contributed by atoms with E-state index in [9.17, 15) is 9.59 Å². The second-order valence-electron chi connectivity index (χ2n) is 5.34. The van der Waals surface area contributed by atoms with E-state index in [0.717, 1.165) is 26.1 Å². The largest absolute Gasteiger partial charge is 0.337 e. The lowest BCUT2D eigenvalue weighted by Crippen LogP contribution is -2.49. The minimum atomic E-state index is -0.302. The van der Waals surface area contributed by atoms with E-state index in [2.05, 4.69) is 17.6 Å². The van der Waals surface area contributed by atoms with Crippen LogP contribution in [0.25, 0.3) is 0 Å². The van der Waals surface area contributed by atoms with E-state index in [-0.39, 0.29) is 17.2 Å². The maximum atomic E-state index is 12.5. The van der Waals surface area contributed by atoms with Crippen LogP contribution in [-0.4, -0.2) is 53.5 Å². The van der Waals surface area contributed by atoms with Crippen molar-refractivity contribution >= 4 is 22.9 Å². The molecule has 3 aliphatic heterocycles. The van der Waals surface area contributed by atoms with Gasteiger partial charge in [-0.3, -0.25) is 9.59 Å². The summed E-state index contributed by atoms with van der Waals surface area (Å²) in [6.07, 6.45) is 1.00. The van der Waals surface area contributed by atoms with E-state index in [4.69, 9.17) is 0 Å². The molecule has 3 saturated heterocycles. The van der Waals surface area contributed by atoms with Crippen LogP contribution in [0.2, 0.25) is 0 Å². The van der Waals surface area contributed by atoms with Gasteiger partial charge in [0.2, 0.25) is 5.91 Å². The molecule has 5 nitrogen and oxygen atoms in total. The van der Waals surface area contributed by atoms with Crippen LogP contribution >= 0.6 is 11.8 Å². The van der Waals surface area contributed by atoms with Gasteiger partial charge in [0.15, 0.2) is 0 Å². The third kappa shape index (κ3) is 1.91. The number of thioether (sulfide) groups is 1. The second-order valence-corrected chi connectivity index (χ2v) is 6.34. The molecule has 0 radical (unpaired) electrons. The van der Waals surface area contributed by atoms with E-state index >= 15 is 0 Å². The quantitative estimate of drug-likeness (QED) is 0.755. The SMILES string of the molecule is CCC1C2CNCC2CN1C(=O)C1CSC(=O)N1. The van der Waals surface area contributed by atoms with Gasteiger partial charge in [0.25, 0.3) is 5.24 Å². The number of likely N-dealkylation sites (tertiary alicyclic amines) is 1. The summed E-state index contributed by atoms with van der Waals surface area (Å²) in [4.78, 5) is 25.7. The van der Waals surface area contributed by atoms with Gasteiger partial charge in [-0.15, -0.1) is 0 Å². The number of hydrogen-bond acceptors (Lipinski definition) is 4. The Labute approximate surface area is 111 Å². The molecule has 0 aromatic carbocycles. The van der Waals surface area contributed by atoms with Crippen LogP contribution in [0.1, 0.15) is 13.3 Å². The average molecular weight is 269 g/mol. The molecule has 3 heterocycles. The lowest BCUT2D eigenvalue weighted by Gasteiger charge is -2.29. The fourth-order valence-corrected chi connectivity index (χ4v) is 4.29. The summed E-state index contributed by atoms with van der Waals surface area (Å²) in [5, 5.41) is 6.10. The number of nitrogens with zero attached hydrogens (tertiary/aromatic N) is 1. The molecule has 0 aliphatic carbocycles. The van der Waals surface area contributed by atoms with Crippen LogP contribution in [-0.2, 0) is 4.79 Å². The fraction of sp³-hybridized carbons (Fsp3) is 0.833. The Bertz CT molecular complexity index is 376. The Kier molecular flexibility index (Phi) is 3.23. The molecule has 2 N–H and O–H groups in total. The van der Waals surface area contributed by atoms with Crippen LogP contribution in [0.15, 0.2) is 0 Å². The molecule has 0 bridgehead atoms. The van der Waals surface area contributed by atoms with Crippen molar-refractivity contribution in [2.24, 2.45) is 11.8 Å². The lowest BCUT2D eigenvalue weighted by molar-refractivity contribution is -0.133. The standard InChI is InChI=1S/C12H19N3O2S/c1-2-10-8-4-13-3-7(8)5-15(10)11(16)9-6-18-12(17)14-9/h7-10,13H,2-6H2,1H3,(H,14,17). The van der Waals surface area contributed by atoms with Gasteiger partial charge in [0.1, 0.15) is 6.04 Å². The number of carbonyl (C=O) groups is 2. The van der Waals surface area contributed by atoms with E-state index in [1.165, 1.54) is 11.8 Å². The highest BCUT2D eigenvalue weighted by atomic mass is 32.2. The van der Waals surface area contributed by atoms with Gasteiger partial charge < -0.3 is 15.5 Å². The Morgan fingerprint density at radius 3 is 3.00 bits per heavy atom. The van der Waals surface area contributed by atoms with E-state index < -0.39 is 0 Å². The molecule has 3 rings (SSSR count). The zero-order chi connectivity index (χ0) is 12.7. The van der Waals surface area contributed by atoms with Crippen LogP contribution in [0.4, 0.5) is 4.79 Å². The fourth-order valence-electron chi connectivity index (χ4n) is 3.52. The molecular formula is C12H19N3O2S. The normalized spacial score (nSPS) is 38.9. The molecule has 0 aromatic rings. The Hall–Kier alpha value is -0.750. The maximum Gasteiger partial charge on any atom is 0.279 e. The third-order valence-corrected chi connectivity index (χ3v) is 5.27. The highest BCUT2D eigenvalue weighted by molar-refractivity contribution is 8.14. The topological polar surface area (TPSA) is 61.4 Å². The first-order valence-corrected chi connectivity index (χ1v) is 7.63. The van der Waals surface area contributed by atoms with Crippen LogP contribution < -0.4 is 10.6 Å². The first kappa shape index (κ1) is 12.3. The van der Waals surface area contributed by atoms with Crippen molar-refractivity contribution in [1.29, 1.82) is 0 Å². The van der Waals surface area contributed by atoms with Gasteiger partial charge >= 0.3 is 0 Å². The average Bonchev–Trinajstić information content (AvgIpc) is 3.01. The van der Waals surface area contributed by atoms with Crippen molar-refractivity contribution in [3.8, 4) is 0 Å². The van der Waals surface area contributed by atoms with Gasteiger partial charge in [0.05, 0.1) is 0 Å². The summed E-state index contributed by atoms with van der Waals surface area (Å²) in [5.74, 6) is 1.90. The molecule has 6 heteroatoms. The van der Waals surface area contributed by atoms with Gasteiger partial charge in [-0.2, -0.15) is 0 Å². The van der Waals surface area contributed by atoms with E-state index in [1.54, 1.807) is 0 Å². The number of carbonyl (C=O) groups excluding carboxylic acids is 2. The lowest BCUT2D eigenvalue weighted by atomic mass is 9.93. The number of fused-ring (bicyclic) bond motifs is 1. The van der Waals surface area contributed by atoms with Gasteiger partial charge in [-0.1, -0.05) is 18.7 Å². The molecule has 2 amide bonds. The zero-order valence-electron chi connectivity index (χ0n) is 10.5.